The number of hydrazone groups is 1. The molecule has 0 fully saturated rings. The fourth-order valence-electron chi connectivity index (χ4n) is 4.37. The number of hydrogen-bond acceptors (Lipinski definition) is 12. The number of thiazole rings is 1. The first-order valence-corrected chi connectivity index (χ1v) is 14.8. The molecule has 1 amide bonds. The standard InChI is InChI=1S/C31H21N5O7S2/c1-41-21-11-5-17(6-12-21)15-23-27(37)33-29(44-23)25-24(19-7-13-22(42-2)14-8-19)26-28(43-30(25)38)34-31(45-26)35-32-16-18-3-9-20(10-4-18)36(39)40/h3-16H,1-2H3,(H,34,35)/b23-15+,32-16+. The molecule has 224 valence electrons. The number of aromatic nitrogens is 1. The van der Waals surface area contributed by atoms with Crippen LogP contribution in [0.1, 0.15) is 16.7 Å². The molecule has 0 saturated heterocycles. The number of non-ortho nitro benzene ring substituents is 1. The summed E-state index contributed by atoms with van der Waals surface area (Å²) in [4.78, 5) is 45.9. The summed E-state index contributed by atoms with van der Waals surface area (Å²) in [5.41, 5.74) is 4.87. The van der Waals surface area contributed by atoms with E-state index in [2.05, 4.69) is 20.5 Å². The fourth-order valence-corrected chi connectivity index (χ4v) is 6.24. The number of thioether (sulfide) groups is 1. The topological polar surface area (TPSA) is 159 Å². The van der Waals surface area contributed by atoms with E-state index in [-0.39, 0.29) is 22.0 Å². The SMILES string of the molecule is COc1ccc(/C=C2/SC(c3c(-c4ccc(OC)cc4)c4sc(N/N=C/c5ccc([N+](=O)[O-])cc5)nc4oc3=O)=NC2=O)cc1. The third-order valence-corrected chi connectivity index (χ3v) is 8.53. The van der Waals surface area contributed by atoms with Crippen LogP contribution in [0, 0.1) is 10.1 Å². The lowest BCUT2D eigenvalue weighted by molar-refractivity contribution is -0.384. The van der Waals surface area contributed by atoms with Crippen molar-refractivity contribution in [3.63, 3.8) is 0 Å². The number of ether oxygens (including phenoxy) is 2. The number of aliphatic imine (C=N–C) groups is 1. The minimum atomic E-state index is -0.704. The average Bonchev–Trinajstić information content (AvgIpc) is 3.62. The lowest BCUT2D eigenvalue weighted by Crippen LogP contribution is -2.13. The van der Waals surface area contributed by atoms with Crippen LogP contribution >= 0.6 is 23.1 Å². The molecule has 0 unspecified atom stereocenters. The van der Waals surface area contributed by atoms with Crippen LogP contribution in [0.4, 0.5) is 10.8 Å². The summed E-state index contributed by atoms with van der Waals surface area (Å²) in [5, 5.41) is 15.6. The number of methoxy groups -OCH3 is 2. The van der Waals surface area contributed by atoms with E-state index >= 15 is 0 Å². The monoisotopic (exact) mass is 639 g/mol. The first kappa shape index (κ1) is 29.5. The van der Waals surface area contributed by atoms with E-state index < -0.39 is 16.5 Å². The van der Waals surface area contributed by atoms with Gasteiger partial charge in [0.05, 0.1) is 30.3 Å². The second kappa shape index (κ2) is 12.6. The number of hydrogen-bond donors (Lipinski definition) is 1. The van der Waals surface area contributed by atoms with Gasteiger partial charge in [-0.25, -0.2) is 9.79 Å². The Hall–Kier alpha value is -5.60. The maximum Gasteiger partial charge on any atom is 0.348 e. The Morgan fingerprint density at radius 2 is 1.56 bits per heavy atom. The van der Waals surface area contributed by atoms with E-state index in [0.29, 0.717) is 42.9 Å². The lowest BCUT2D eigenvalue weighted by atomic mass is 10.0. The number of rotatable bonds is 9. The Bertz CT molecular complexity index is 2080. The predicted octanol–water partition coefficient (Wildman–Crippen LogP) is 6.35. The van der Waals surface area contributed by atoms with Gasteiger partial charge in [0.25, 0.3) is 11.6 Å². The van der Waals surface area contributed by atoms with Crippen LogP contribution < -0.4 is 20.5 Å². The number of carbonyl (C=O) groups excluding carboxylic acids is 1. The van der Waals surface area contributed by atoms with Crippen LogP contribution in [0.25, 0.3) is 27.6 Å². The number of fused-ring (bicyclic) bond motifs is 1. The molecule has 0 atom stereocenters. The van der Waals surface area contributed by atoms with Gasteiger partial charge in [-0.1, -0.05) is 47.4 Å². The number of nitrogens with zero attached hydrogens (tertiary/aromatic N) is 4. The Balaban J connectivity index is 1.37. The number of nitrogens with one attached hydrogen (secondary N) is 1. The van der Waals surface area contributed by atoms with E-state index in [4.69, 9.17) is 13.9 Å². The second-order valence-corrected chi connectivity index (χ2v) is 11.4. The molecule has 1 aliphatic rings. The van der Waals surface area contributed by atoms with Crippen molar-refractivity contribution < 1.29 is 23.6 Å². The zero-order chi connectivity index (χ0) is 31.5. The van der Waals surface area contributed by atoms with E-state index in [1.54, 1.807) is 68.8 Å². The van der Waals surface area contributed by atoms with Crippen molar-refractivity contribution in [2.75, 3.05) is 19.6 Å². The Morgan fingerprint density at radius 1 is 0.911 bits per heavy atom. The van der Waals surface area contributed by atoms with E-state index in [1.165, 1.54) is 29.7 Å². The molecule has 1 aliphatic heterocycles. The van der Waals surface area contributed by atoms with Crippen molar-refractivity contribution in [2.24, 2.45) is 10.1 Å². The molecular weight excluding hydrogens is 619 g/mol. The van der Waals surface area contributed by atoms with Gasteiger partial charge < -0.3 is 13.9 Å². The number of benzene rings is 3. The van der Waals surface area contributed by atoms with Gasteiger partial charge in [-0.2, -0.15) is 10.1 Å². The Kier molecular flexibility index (Phi) is 8.22. The molecule has 2 aromatic heterocycles. The minimum Gasteiger partial charge on any atom is -0.497 e. The van der Waals surface area contributed by atoms with Crippen LogP contribution in [0.3, 0.4) is 0 Å². The van der Waals surface area contributed by atoms with Gasteiger partial charge in [-0.05, 0) is 59.2 Å². The second-order valence-electron chi connectivity index (χ2n) is 9.35. The van der Waals surface area contributed by atoms with Gasteiger partial charge in [0.15, 0.2) is 0 Å². The Labute approximate surface area is 262 Å². The first-order chi connectivity index (χ1) is 21.8. The third kappa shape index (κ3) is 6.23. The van der Waals surface area contributed by atoms with E-state index in [9.17, 15) is 19.7 Å². The normalized spacial score (nSPS) is 13.9. The van der Waals surface area contributed by atoms with Crippen LogP contribution in [0.5, 0.6) is 11.5 Å². The van der Waals surface area contributed by atoms with Crippen LogP contribution in [0.2, 0.25) is 0 Å². The molecule has 3 heterocycles. The molecule has 1 N–H and O–H groups in total. The summed E-state index contributed by atoms with van der Waals surface area (Å²) in [6, 6.07) is 20.2. The van der Waals surface area contributed by atoms with Crippen molar-refractivity contribution in [1.82, 2.24) is 4.98 Å². The maximum absolute atomic E-state index is 13.5. The molecule has 0 spiro atoms. The molecule has 12 nitrogen and oxygen atoms in total. The fraction of sp³-hybridized carbons (Fsp3) is 0.0645. The van der Waals surface area contributed by atoms with Gasteiger partial charge in [-0.15, -0.1) is 0 Å². The number of anilines is 1. The minimum absolute atomic E-state index is 0.0294. The van der Waals surface area contributed by atoms with Gasteiger partial charge >= 0.3 is 5.63 Å². The number of nitro benzene ring substituents is 1. The molecule has 3 aromatic carbocycles. The zero-order valence-electron chi connectivity index (χ0n) is 23.5. The summed E-state index contributed by atoms with van der Waals surface area (Å²) in [5.74, 6) is 0.836. The molecule has 45 heavy (non-hydrogen) atoms. The maximum atomic E-state index is 13.5. The average molecular weight is 640 g/mol. The smallest absolute Gasteiger partial charge is 0.348 e. The first-order valence-electron chi connectivity index (χ1n) is 13.2. The van der Waals surface area contributed by atoms with Crippen LogP contribution in [-0.4, -0.2) is 41.3 Å². The highest BCUT2D eigenvalue weighted by Gasteiger charge is 2.30. The molecule has 6 rings (SSSR count). The van der Waals surface area contributed by atoms with Gasteiger partial charge in [-0.3, -0.25) is 20.3 Å². The third-order valence-electron chi connectivity index (χ3n) is 6.57. The summed E-state index contributed by atoms with van der Waals surface area (Å²) >= 11 is 2.28. The zero-order valence-corrected chi connectivity index (χ0v) is 25.2. The quantitative estimate of drug-likeness (QED) is 0.0834. The summed E-state index contributed by atoms with van der Waals surface area (Å²) in [6.45, 7) is 0. The molecule has 0 aliphatic carbocycles. The summed E-state index contributed by atoms with van der Waals surface area (Å²) < 4.78 is 16.7. The highest BCUT2D eigenvalue weighted by atomic mass is 32.2. The van der Waals surface area contributed by atoms with Crippen molar-refractivity contribution in [3.8, 4) is 22.6 Å². The number of amides is 1. The number of carbonyl (C=O) groups is 1. The molecule has 0 radical (unpaired) electrons. The summed E-state index contributed by atoms with van der Waals surface area (Å²) in [6.07, 6.45) is 3.18. The van der Waals surface area contributed by atoms with Crippen molar-refractivity contribution >= 4 is 67.6 Å². The Morgan fingerprint density at radius 3 is 2.20 bits per heavy atom. The summed E-state index contributed by atoms with van der Waals surface area (Å²) in [7, 11) is 3.13. The van der Waals surface area contributed by atoms with E-state index in [0.717, 1.165) is 17.3 Å². The van der Waals surface area contributed by atoms with E-state index in [1.807, 2.05) is 12.1 Å². The van der Waals surface area contributed by atoms with Crippen LogP contribution in [0.15, 0.2) is 97.0 Å². The molecule has 5 aromatic rings. The van der Waals surface area contributed by atoms with Crippen LogP contribution in [-0.2, 0) is 4.79 Å². The van der Waals surface area contributed by atoms with Gasteiger partial charge in [0, 0.05) is 17.7 Å². The highest BCUT2D eigenvalue weighted by Crippen LogP contribution is 2.41. The van der Waals surface area contributed by atoms with Gasteiger partial charge in [0.2, 0.25) is 10.8 Å². The lowest BCUT2D eigenvalue weighted by Gasteiger charge is -2.09. The molecule has 0 bridgehead atoms. The predicted molar refractivity (Wildman–Crippen MR) is 175 cm³/mol. The molecule has 14 heteroatoms. The van der Waals surface area contributed by atoms with Gasteiger partial charge in [0.1, 0.15) is 26.8 Å². The number of nitro groups is 1. The van der Waals surface area contributed by atoms with Crippen molar-refractivity contribution in [3.05, 3.63) is 115 Å². The molecular formula is C31H21N5O7S2. The molecule has 0 saturated carbocycles. The van der Waals surface area contributed by atoms with Crippen molar-refractivity contribution in [2.45, 2.75) is 0 Å². The highest BCUT2D eigenvalue weighted by molar-refractivity contribution is 8.19. The van der Waals surface area contributed by atoms with Crippen molar-refractivity contribution in [1.29, 1.82) is 0 Å². The largest absolute Gasteiger partial charge is 0.497 e.